The number of aryl methyl sites for hydroxylation is 1. The summed E-state index contributed by atoms with van der Waals surface area (Å²) < 4.78 is 29.9. The molecule has 2 atom stereocenters. The van der Waals surface area contributed by atoms with Gasteiger partial charge < -0.3 is 0 Å². The van der Waals surface area contributed by atoms with Crippen molar-refractivity contribution < 1.29 is 8.42 Å². The first-order chi connectivity index (χ1) is 15.0. The molecule has 1 saturated carbocycles. The van der Waals surface area contributed by atoms with Gasteiger partial charge in [0.05, 0.1) is 11.1 Å². The van der Waals surface area contributed by atoms with Crippen molar-refractivity contribution in [3.63, 3.8) is 0 Å². The van der Waals surface area contributed by atoms with Gasteiger partial charge in [-0.25, -0.2) is 17.4 Å². The zero-order valence-electron chi connectivity index (χ0n) is 17.1. The van der Waals surface area contributed by atoms with Crippen LogP contribution in [0.25, 0.3) is 27.7 Å². The molecule has 0 aliphatic heterocycles. The standard InChI is InChI=1S/C24H22N4O2S/c1-27-14-19(13-26-27)23-15-28(31(29,30)20-5-3-2-4-6-20)24-22(23)11-18(12-25-24)21-10-16-7-8-17(21)9-16/h2-6,10-17H,7-9H2,1H3. The van der Waals surface area contributed by atoms with Gasteiger partial charge in [0.25, 0.3) is 10.0 Å². The van der Waals surface area contributed by atoms with E-state index in [1.165, 1.54) is 28.8 Å². The number of benzene rings is 1. The molecule has 2 unspecified atom stereocenters. The van der Waals surface area contributed by atoms with Crippen LogP contribution < -0.4 is 0 Å². The third kappa shape index (κ3) is 2.87. The molecule has 1 fully saturated rings. The van der Waals surface area contributed by atoms with Crippen molar-refractivity contribution in [1.82, 2.24) is 18.7 Å². The zero-order chi connectivity index (χ0) is 21.2. The van der Waals surface area contributed by atoms with Gasteiger partial charge in [0.15, 0.2) is 5.65 Å². The molecule has 3 heterocycles. The quantitative estimate of drug-likeness (QED) is 0.478. The highest BCUT2D eigenvalue weighted by atomic mass is 32.2. The summed E-state index contributed by atoms with van der Waals surface area (Å²) in [6, 6.07) is 10.6. The summed E-state index contributed by atoms with van der Waals surface area (Å²) in [4.78, 5) is 4.91. The van der Waals surface area contributed by atoms with Crippen LogP contribution in [0.15, 0.2) is 72.2 Å². The van der Waals surface area contributed by atoms with Gasteiger partial charge in [0.1, 0.15) is 0 Å². The molecular formula is C24H22N4O2S. The molecule has 0 radical (unpaired) electrons. The van der Waals surface area contributed by atoms with Gasteiger partial charge >= 0.3 is 0 Å². The van der Waals surface area contributed by atoms with E-state index in [2.05, 4.69) is 22.2 Å². The van der Waals surface area contributed by atoms with Crippen molar-refractivity contribution >= 4 is 26.6 Å². The summed E-state index contributed by atoms with van der Waals surface area (Å²) in [6.07, 6.45) is 13.3. The fourth-order valence-electron chi connectivity index (χ4n) is 5.09. The molecule has 1 aromatic carbocycles. The van der Waals surface area contributed by atoms with Crippen LogP contribution in [0.1, 0.15) is 24.8 Å². The number of aromatic nitrogens is 4. The Kier molecular flexibility index (Phi) is 3.99. The lowest BCUT2D eigenvalue weighted by atomic mass is 9.92. The van der Waals surface area contributed by atoms with Gasteiger partial charge in [-0.15, -0.1) is 0 Å². The van der Waals surface area contributed by atoms with Crippen LogP contribution in [-0.4, -0.2) is 27.2 Å². The van der Waals surface area contributed by atoms with Crippen molar-refractivity contribution in [2.24, 2.45) is 18.9 Å². The number of pyridine rings is 1. The maximum absolute atomic E-state index is 13.4. The summed E-state index contributed by atoms with van der Waals surface area (Å²) in [7, 11) is -1.92. The predicted octanol–water partition coefficient (Wildman–Crippen LogP) is 4.49. The Balaban J connectivity index is 1.58. The zero-order valence-corrected chi connectivity index (χ0v) is 18.0. The van der Waals surface area contributed by atoms with Gasteiger partial charge in [-0.05, 0) is 60.4 Å². The molecule has 0 saturated heterocycles. The van der Waals surface area contributed by atoms with E-state index in [1.54, 1.807) is 47.4 Å². The monoisotopic (exact) mass is 430 g/mol. The van der Waals surface area contributed by atoms with Crippen molar-refractivity contribution in [1.29, 1.82) is 0 Å². The van der Waals surface area contributed by atoms with Gasteiger partial charge in [-0.1, -0.05) is 24.3 Å². The molecule has 6 nitrogen and oxygen atoms in total. The number of hydrogen-bond donors (Lipinski definition) is 0. The summed E-state index contributed by atoms with van der Waals surface area (Å²) in [6.45, 7) is 0. The minimum atomic E-state index is -3.77. The number of nitrogens with zero attached hydrogens (tertiary/aromatic N) is 4. The highest BCUT2D eigenvalue weighted by Crippen LogP contribution is 2.48. The molecule has 0 spiro atoms. The van der Waals surface area contributed by atoms with E-state index in [4.69, 9.17) is 0 Å². The molecule has 156 valence electrons. The second-order valence-electron chi connectivity index (χ2n) is 8.55. The second-order valence-corrected chi connectivity index (χ2v) is 10.4. The van der Waals surface area contributed by atoms with E-state index < -0.39 is 10.0 Å². The van der Waals surface area contributed by atoms with Crippen LogP contribution in [0.4, 0.5) is 0 Å². The third-order valence-corrected chi connectivity index (χ3v) is 8.25. The summed E-state index contributed by atoms with van der Waals surface area (Å²) >= 11 is 0. The second kappa shape index (κ2) is 6.65. The molecule has 4 aromatic rings. The lowest BCUT2D eigenvalue weighted by Gasteiger charge is -2.14. The lowest BCUT2D eigenvalue weighted by Crippen LogP contribution is -2.12. The van der Waals surface area contributed by atoms with E-state index in [9.17, 15) is 8.42 Å². The maximum atomic E-state index is 13.4. The Morgan fingerprint density at radius 1 is 1.03 bits per heavy atom. The van der Waals surface area contributed by atoms with E-state index in [1.807, 2.05) is 19.4 Å². The van der Waals surface area contributed by atoms with Crippen molar-refractivity contribution in [2.45, 2.75) is 24.2 Å². The van der Waals surface area contributed by atoms with Crippen LogP contribution in [0.2, 0.25) is 0 Å². The molecule has 2 aliphatic rings. The minimum Gasteiger partial charge on any atom is -0.275 e. The number of allylic oxidation sites excluding steroid dienone is 2. The summed E-state index contributed by atoms with van der Waals surface area (Å²) in [5.74, 6) is 1.28. The van der Waals surface area contributed by atoms with Gasteiger partial charge in [0, 0.05) is 42.2 Å². The molecule has 31 heavy (non-hydrogen) atoms. The molecular weight excluding hydrogens is 408 g/mol. The van der Waals surface area contributed by atoms with Gasteiger partial charge in [-0.3, -0.25) is 4.68 Å². The normalized spacial score (nSPS) is 20.5. The topological polar surface area (TPSA) is 69.8 Å². The van der Waals surface area contributed by atoms with Crippen LogP contribution in [0.3, 0.4) is 0 Å². The average molecular weight is 431 g/mol. The van der Waals surface area contributed by atoms with Gasteiger partial charge in [-0.2, -0.15) is 5.10 Å². The first-order valence-corrected chi connectivity index (χ1v) is 12.0. The molecule has 0 amide bonds. The molecule has 0 N–H and O–H groups in total. The van der Waals surface area contributed by atoms with E-state index in [0.717, 1.165) is 22.1 Å². The van der Waals surface area contributed by atoms with Crippen molar-refractivity contribution in [2.75, 3.05) is 0 Å². The smallest absolute Gasteiger partial charge is 0.269 e. The van der Waals surface area contributed by atoms with E-state index >= 15 is 0 Å². The summed E-state index contributed by atoms with van der Waals surface area (Å²) in [5, 5.41) is 5.11. The Labute approximate surface area is 180 Å². The molecule has 7 heteroatoms. The third-order valence-electron chi connectivity index (χ3n) is 6.59. The number of rotatable bonds is 4. The highest BCUT2D eigenvalue weighted by molar-refractivity contribution is 7.90. The van der Waals surface area contributed by atoms with E-state index in [-0.39, 0.29) is 4.90 Å². The largest absolute Gasteiger partial charge is 0.275 e. The minimum absolute atomic E-state index is 0.242. The molecule has 2 bridgehead atoms. The van der Waals surface area contributed by atoms with Gasteiger partial charge in [0.2, 0.25) is 0 Å². The first-order valence-electron chi connectivity index (χ1n) is 10.5. The van der Waals surface area contributed by atoms with Crippen LogP contribution in [0.5, 0.6) is 0 Å². The molecule has 3 aromatic heterocycles. The van der Waals surface area contributed by atoms with Crippen LogP contribution in [-0.2, 0) is 17.1 Å². The SMILES string of the molecule is Cn1cc(-c2cn(S(=O)(=O)c3ccccc3)c3ncc(C4=CC5CCC4C5)cc23)cn1. The first kappa shape index (κ1) is 18.6. The maximum Gasteiger partial charge on any atom is 0.269 e. The number of hydrogen-bond acceptors (Lipinski definition) is 4. The van der Waals surface area contributed by atoms with Crippen LogP contribution in [0, 0.1) is 11.8 Å². The van der Waals surface area contributed by atoms with Crippen molar-refractivity contribution in [3.05, 3.63) is 72.8 Å². The molecule has 6 rings (SSSR count). The Morgan fingerprint density at radius 2 is 1.87 bits per heavy atom. The number of fused-ring (bicyclic) bond motifs is 3. The van der Waals surface area contributed by atoms with Crippen LogP contribution >= 0.6 is 0 Å². The average Bonchev–Trinajstić information content (AvgIpc) is 3.57. The Morgan fingerprint density at radius 3 is 2.55 bits per heavy atom. The lowest BCUT2D eigenvalue weighted by molar-refractivity contribution is 0.589. The molecule has 2 aliphatic carbocycles. The summed E-state index contributed by atoms with van der Waals surface area (Å²) in [5.41, 5.74) is 4.59. The fourth-order valence-corrected chi connectivity index (χ4v) is 6.43. The fraction of sp³-hybridized carbons (Fsp3) is 0.250. The Hall–Kier alpha value is -3.19. The van der Waals surface area contributed by atoms with E-state index in [0.29, 0.717) is 17.5 Å². The Bertz CT molecular complexity index is 1450. The highest BCUT2D eigenvalue weighted by Gasteiger charge is 2.34. The predicted molar refractivity (Wildman–Crippen MR) is 120 cm³/mol. The van der Waals surface area contributed by atoms with Crippen molar-refractivity contribution in [3.8, 4) is 11.1 Å².